The first-order valence-electron chi connectivity index (χ1n) is 7.10. The number of fused-ring (bicyclic) bond motifs is 3. The van der Waals surface area contributed by atoms with E-state index in [0.717, 1.165) is 36.0 Å². The van der Waals surface area contributed by atoms with Gasteiger partial charge in [-0.1, -0.05) is 13.0 Å². The molecule has 0 saturated carbocycles. The average molecular weight is 266 g/mol. The van der Waals surface area contributed by atoms with Crippen LogP contribution in [0, 0.1) is 16.7 Å². The lowest BCUT2D eigenvalue weighted by Crippen LogP contribution is -2.27. The minimum atomic E-state index is 0.0275. The molecule has 1 aromatic carbocycles. The summed E-state index contributed by atoms with van der Waals surface area (Å²) in [5.41, 5.74) is 11.3. The second kappa shape index (κ2) is 4.21. The van der Waals surface area contributed by atoms with Gasteiger partial charge in [-0.2, -0.15) is 5.26 Å². The van der Waals surface area contributed by atoms with Crippen molar-refractivity contribution in [2.45, 2.75) is 39.5 Å². The van der Waals surface area contributed by atoms with E-state index >= 15 is 0 Å². The minimum absolute atomic E-state index is 0.0275. The number of carbonyl (C=O) groups is 1. The van der Waals surface area contributed by atoms with E-state index < -0.39 is 0 Å². The standard InChI is InChI=1S/C17H18N2O/c1-3-17-7-6-15(20)10(2)16(17)11-4-5-14(19)13(9-18)12(11)8-17/h4-5H,3,6-8,19H2,1-2H3. The van der Waals surface area contributed by atoms with E-state index in [0.29, 0.717) is 17.7 Å². The summed E-state index contributed by atoms with van der Waals surface area (Å²) in [7, 11) is 0. The zero-order valence-electron chi connectivity index (χ0n) is 11.9. The van der Waals surface area contributed by atoms with Gasteiger partial charge in [0, 0.05) is 17.5 Å². The van der Waals surface area contributed by atoms with Gasteiger partial charge in [-0.05, 0) is 54.5 Å². The summed E-state index contributed by atoms with van der Waals surface area (Å²) in [6.45, 7) is 4.10. The van der Waals surface area contributed by atoms with Crippen LogP contribution >= 0.6 is 0 Å². The maximum Gasteiger partial charge on any atom is 0.158 e. The Labute approximate surface area is 119 Å². The predicted octanol–water partition coefficient (Wildman–Crippen LogP) is 3.23. The van der Waals surface area contributed by atoms with Gasteiger partial charge < -0.3 is 5.73 Å². The Balaban J connectivity index is 2.33. The van der Waals surface area contributed by atoms with E-state index in [4.69, 9.17) is 5.73 Å². The van der Waals surface area contributed by atoms with E-state index in [-0.39, 0.29) is 11.2 Å². The molecule has 2 aliphatic carbocycles. The molecule has 0 aliphatic heterocycles. The first-order valence-corrected chi connectivity index (χ1v) is 7.10. The van der Waals surface area contributed by atoms with Gasteiger partial charge >= 0.3 is 0 Å². The number of nitrogens with two attached hydrogens (primary N) is 1. The van der Waals surface area contributed by atoms with Crippen LogP contribution in [0.5, 0.6) is 0 Å². The van der Waals surface area contributed by atoms with Gasteiger partial charge in [0.2, 0.25) is 0 Å². The molecule has 1 unspecified atom stereocenters. The molecule has 3 rings (SSSR count). The normalized spacial score (nSPS) is 24.4. The third-order valence-electron chi connectivity index (χ3n) is 5.07. The fourth-order valence-electron chi connectivity index (χ4n) is 3.90. The number of anilines is 1. The number of Topliss-reactive ketones (excluding diaryl/α,β-unsaturated/α-hetero) is 1. The second-order valence-corrected chi connectivity index (χ2v) is 5.90. The lowest BCUT2D eigenvalue weighted by atomic mass is 9.68. The summed E-state index contributed by atoms with van der Waals surface area (Å²) >= 11 is 0. The average Bonchev–Trinajstić information content (AvgIpc) is 2.78. The Morgan fingerprint density at radius 2 is 2.20 bits per heavy atom. The fourth-order valence-corrected chi connectivity index (χ4v) is 3.90. The Bertz CT molecular complexity index is 694. The molecule has 0 radical (unpaired) electrons. The molecule has 0 aromatic heterocycles. The van der Waals surface area contributed by atoms with Crippen LogP contribution in [0.15, 0.2) is 17.7 Å². The largest absolute Gasteiger partial charge is 0.398 e. The van der Waals surface area contributed by atoms with Gasteiger partial charge in [-0.15, -0.1) is 0 Å². The van der Waals surface area contributed by atoms with Crippen LogP contribution in [0.2, 0.25) is 0 Å². The molecule has 3 heteroatoms. The van der Waals surface area contributed by atoms with Crippen molar-refractivity contribution in [3.8, 4) is 6.07 Å². The topological polar surface area (TPSA) is 66.9 Å². The summed E-state index contributed by atoms with van der Waals surface area (Å²) in [6.07, 6.45) is 3.34. The number of allylic oxidation sites excluding steroid dienone is 2. The number of benzene rings is 1. The van der Waals surface area contributed by atoms with Gasteiger partial charge in [-0.25, -0.2) is 0 Å². The van der Waals surface area contributed by atoms with Crippen LogP contribution in [0.3, 0.4) is 0 Å². The molecule has 2 N–H and O–H groups in total. The number of hydrogen-bond acceptors (Lipinski definition) is 3. The molecule has 3 nitrogen and oxygen atoms in total. The van der Waals surface area contributed by atoms with E-state index in [1.54, 1.807) is 6.07 Å². The summed E-state index contributed by atoms with van der Waals surface area (Å²) in [5, 5.41) is 9.38. The molecule has 0 heterocycles. The first kappa shape index (κ1) is 12.9. The number of nitriles is 1. The summed E-state index contributed by atoms with van der Waals surface area (Å²) in [6, 6.07) is 6.02. The molecule has 2 aliphatic rings. The Kier molecular flexibility index (Phi) is 2.72. The van der Waals surface area contributed by atoms with Gasteiger partial charge in [0.05, 0.1) is 5.56 Å². The van der Waals surface area contributed by atoms with E-state index in [1.165, 1.54) is 5.57 Å². The highest BCUT2D eigenvalue weighted by Crippen LogP contribution is 2.56. The predicted molar refractivity (Wildman–Crippen MR) is 78.8 cm³/mol. The van der Waals surface area contributed by atoms with Gasteiger partial charge in [-0.3, -0.25) is 4.79 Å². The number of nitrogen functional groups attached to an aromatic ring is 1. The molecule has 102 valence electrons. The van der Waals surface area contributed by atoms with Crippen molar-refractivity contribution < 1.29 is 4.79 Å². The third-order valence-corrected chi connectivity index (χ3v) is 5.07. The summed E-state index contributed by atoms with van der Waals surface area (Å²) in [5.74, 6) is 0.243. The van der Waals surface area contributed by atoms with Crippen molar-refractivity contribution in [3.63, 3.8) is 0 Å². The lowest BCUT2D eigenvalue weighted by molar-refractivity contribution is -0.116. The maximum absolute atomic E-state index is 12.1. The van der Waals surface area contributed by atoms with Crippen LogP contribution in [0.25, 0.3) is 5.57 Å². The quantitative estimate of drug-likeness (QED) is 0.793. The molecule has 0 saturated heterocycles. The van der Waals surface area contributed by atoms with E-state index in [1.807, 2.05) is 13.0 Å². The Hall–Kier alpha value is -2.08. The van der Waals surface area contributed by atoms with Crippen LogP contribution in [-0.2, 0) is 11.2 Å². The highest BCUT2D eigenvalue weighted by atomic mass is 16.1. The van der Waals surface area contributed by atoms with Crippen molar-refractivity contribution in [1.29, 1.82) is 5.26 Å². The van der Waals surface area contributed by atoms with Crippen molar-refractivity contribution in [3.05, 3.63) is 34.4 Å². The van der Waals surface area contributed by atoms with Gasteiger partial charge in [0.15, 0.2) is 5.78 Å². The van der Waals surface area contributed by atoms with Gasteiger partial charge in [0.25, 0.3) is 0 Å². The molecular weight excluding hydrogens is 248 g/mol. The molecule has 0 bridgehead atoms. The fraction of sp³-hybridized carbons (Fsp3) is 0.412. The van der Waals surface area contributed by atoms with Crippen LogP contribution in [-0.4, -0.2) is 5.78 Å². The number of nitrogens with zero attached hydrogens (tertiary/aromatic N) is 1. The monoisotopic (exact) mass is 266 g/mol. The molecule has 0 amide bonds. The Morgan fingerprint density at radius 3 is 2.85 bits per heavy atom. The molecule has 20 heavy (non-hydrogen) atoms. The van der Waals surface area contributed by atoms with Crippen molar-refractivity contribution >= 4 is 17.0 Å². The van der Waals surface area contributed by atoms with Crippen molar-refractivity contribution in [2.24, 2.45) is 5.41 Å². The molecule has 1 aromatic rings. The SMILES string of the molecule is CCC12CCC(=O)C(C)=C1c1ccc(N)c(C#N)c1C2. The number of rotatable bonds is 1. The highest BCUT2D eigenvalue weighted by Gasteiger charge is 2.45. The number of hydrogen-bond donors (Lipinski definition) is 1. The molecule has 1 atom stereocenters. The van der Waals surface area contributed by atoms with E-state index in [2.05, 4.69) is 13.0 Å². The van der Waals surface area contributed by atoms with Crippen molar-refractivity contribution in [2.75, 3.05) is 5.73 Å². The lowest BCUT2D eigenvalue weighted by Gasteiger charge is -2.34. The third kappa shape index (κ3) is 1.48. The van der Waals surface area contributed by atoms with E-state index in [9.17, 15) is 10.1 Å². The molecule has 0 fully saturated rings. The smallest absolute Gasteiger partial charge is 0.158 e. The van der Waals surface area contributed by atoms with Crippen LogP contribution < -0.4 is 5.73 Å². The second-order valence-electron chi connectivity index (χ2n) is 5.90. The summed E-state index contributed by atoms with van der Waals surface area (Å²) < 4.78 is 0. The first-order chi connectivity index (χ1) is 9.54. The van der Waals surface area contributed by atoms with Crippen molar-refractivity contribution in [1.82, 2.24) is 0 Å². The number of carbonyl (C=O) groups excluding carboxylic acids is 1. The highest BCUT2D eigenvalue weighted by molar-refractivity contribution is 6.06. The number of ketones is 1. The summed E-state index contributed by atoms with van der Waals surface area (Å²) in [4.78, 5) is 12.1. The van der Waals surface area contributed by atoms with Crippen LogP contribution in [0.1, 0.15) is 49.8 Å². The molecule has 0 spiro atoms. The molecular formula is C17H18N2O. The zero-order chi connectivity index (χ0) is 14.5. The zero-order valence-corrected chi connectivity index (χ0v) is 11.9. The maximum atomic E-state index is 12.1. The van der Waals surface area contributed by atoms with Gasteiger partial charge in [0.1, 0.15) is 6.07 Å². The van der Waals surface area contributed by atoms with Crippen LogP contribution in [0.4, 0.5) is 5.69 Å². The Morgan fingerprint density at radius 1 is 1.45 bits per heavy atom. The minimum Gasteiger partial charge on any atom is -0.398 e.